The molecule has 0 aliphatic heterocycles. The molecule has 0 fully saturated rings. The highest BCUT2D eigenvalue weighted by molar-refractivity contribution is 9.10. The quantitative estimate of drug-likeness (QED) is 0.885. The number of halogens is 1. The monoisotopic (exact) mass is 332 g/mol. The number of aryl methyl sites for hydroxylation is 1. The first-order valence-electron chi connectivity index (χ1n) is 6.95. The van der Waals surface area contributed by atoms with E-state index in [2.05, 4.69) is 77.1 Å². The van der Waals surface area contributed by atoms with Crippen molar-refractivity contribution in [1.82, 2.24) is 0 Å². The van der Waals surface area contributed by atoms with E-state index in [1.165, 1.54) is 16.8 Å². The number of para-hydroxylation sites is 1. The predicted molar refractivity (Wildman–Crippen MR) is 90.1 cm³/mol. The lowest BCUT2D eigenvalue weighted by Gasteiger charge is -2.32. The smallest absolute Gasteiger partial charge is 0.0665 e. The molecule has 0 heterocycles. The number of likely N-dealkylation sites (N-methyl/N-ethyl adjacent to an activating group) is 1. The highest BCUT2D eigenvalue weighted by Crippen LogP contribution is 2.28. The zero-order chi connectivity index (χ0) is 14.5. The van der Waals surface area contributed by atoms with Crippen molar-refractivity contribution in [3.05, 3.63) is 64.1 Å². The van der Waals surface area contributed by atoms with Crippen LogP contribution in [-0.4, -0.2) is 13.1 Å². The van der Waals surface area contributed by atoms with Gasteiger partial charge in [-0.15, -0.1) is 0 Å². The van der Waals surface area contributed by atoms with Crippen LogP contribution < -0.4 is 10.6 Å². The fourth-order valence-electron chi connectivity index (χ4n) is 2.46. The van der Waals surface area contributed by atoms with Crippen LogP contribution in [0.5, 0.6) is 0 Å². The van der Waals surface area contributed by atoms with Crippen molar-refractivity contribution in [1.29, 1.82) is 0 Å². The molecule has 0 saturated heterocycles. The molecule has 2 aromatic rings. The van der Waals surface area contributed by atoms with Gasteiger partial charge in [0.2, 0.25) is 0 Å². The van der Waals surface area contributed by atoms with Crippen molar-refractivity contribution < 1.29 is 0 Å². The average molecular weight is 333 g/mol. The predicted octanol–water partition coefficient (Wildman–Crippen LogP) is 4.28. The Labute approximate surface area is 129 Å². The Morgan fingerprint density at radius 1 is 1.15 bits per heavy atom. The second-order valence-electron chi connectivity index (χ2n) is 4.88. The molecule has 3 heteroatoms. The number of benzene rings is 2. The topological polar surface area (TPSA) is 29.3 Å². The highest BCUT2D eigenvalue weighted by Gasteiger charge is 2.18. The van der Waals surface area contributed by atoms with Crippen LogP contribution in [-0.2, 0) is 0 Å². The summed E-state index contributed by atoms with van der Waals surface area (Å²) in [5, 5.41) is 0. The second-order valence-corrected chi connectivity index (χ2v) is 5.74. The first kappa shape index (κ1) is 15.1. The molecule has 0 saturated carbocycles. The van der Waals surface area contributed by atoms with Crippen molar-refractivity contribution in [2.45, 2.75) is 19.9 Å². The highest BCUT2D eigenvalue weighted by atomic mass is 79.9. The van der Waals surface area contributed by atoms with E-state index < -0.39 is 0 Å². The lowest BCUT2D eigenvalue weighted by atomic mass is 10.0. The molecule has 1 atom stereocenters. The van der Waals surface area contributed by atoms with Crippen molar-refractivity contribution >= 4 is 21.6 Å². The van der Waals surface area contributed by atoms with E-state index >= 15 is 0 Å². The summed E-state index contributed by atoms with van der Waals surface area (Å²) in [5.41, 5.74) is 9.75. The number of hydrogen-bond acceptors (Lipinski definition) is 2. The third-order valence-electron chi connectivity index (χ3n) is 3.61. The number of hydrogen-bond donors (Lipinski definition) is 1. The Morgan fingerprint density at radius 2 is 1.85 bits per heavy atom. The van der Waals surface area contributed by atoms with E-state index in [1.807, 2.05) is 6.07 Å². The largest absolute Gasteiger partial charge is 0.363 e. The van der Waals surface area contributed by atoms with Gasteiger partial charge in [-0.2, -0.15) is 0 Å². The lowest BCUT2D eigenvalue weighted by molar-refractivity contribution is 0.643. The van der Waals surface area contributed by atoms with Gasteiger partial charge in [0.15, 0.2) is 0 Å². The van der Waals surface area contributed by atoms with Gasteiger partial charge >= 0.3 is 0 Å². The molecule has 0 bridgehead atoms. The SMILES string of the molecule is CCN(c1ccccc1)C(CN)c1ccc(C)c(Br)c1. The standard InChI is InChI=1S/C17H21BrN2/c1-3-20(15-7-5-4-6-8-15)17(12-19)14-10-9-13(2)16(18)11-14/h4-11,17H,3,12,19H2,1-2H3. The van der Waals surface area contributed by atoms with Gasteiger partial charge < -0.3 is 10.6 Å². The zero-order valence-corrected chi connectivity index (χ0v) is 13.6. The second kappa shape index (κ2) is 6.91. The van der Waals surface area contributed by atoms with Crippen LogP contribution in [0.3, 0.4) is 0 Å². The first-order chi connectivity index (χ1) is 9.67. The van der Waals surface area contributed by atoms with E-state index in [0.29, 0.717) is 6.54 Å². The molecule has 0 spiro atoms. The Hall–Kier alpha value is -1.32. The molecule has 0 radical (unpaired) electrons. The summed E-state index contributed by atoms with van der Waals surface area (Å²) in [5.74, 6) is 0. The maximum Gasteiger partial charge on any atom is 0.0665 e. The Morgan fingerprint density at radius 3 is 2.40 bits per heavy atom. The van der Waals surface area contributed by atoms with Crippen molar-refractivity contribution in [3.63, 3.8) is 0 Å². The number of rotatable bonds is 5. The third-order valence-corrected chi connectivity index (χ3v) is 4.46. The minimum absolute atomic E-state index is 0.194. The molecule has 2 aromatic carbocycles. The van der Waals surface area contributed by atoms with Crippen LogP contribution in [0.4, 0.5) is 5.69 Å². The van der Waals surface area contributed by atoms with Gasteiger partial charge in [-0.05, 0) is 43.2 Å². The molecule has 0 aromatic heterocycles. The molecule has 1 unspecified atom stereocenters. The van der Waals surface area contributed by atoms with Gasteiger partial charge in [-0.25, -0.2) is 0 Å². The minimum Gasteiger partial charge on any atom is -0.363 e. The summed E-state index contributed by atoms with van der Waals surface area (Å²) in [6.45, 7) is 5.79. The number of nitrogens with zero attached hydrogens (tertiary/aromatic N) is 1. The van der Waals surface area contributed by atoms with Gasteiger partial charge in [0.1, 0.15) is 0 Å². The third kappa shape index (κ3) is 3.22. The fourth-order valence-corrected chi connectivity index (χ4v) is 2.86. The molecule has 0 aliphatic carbocycles. The molecule has 106 valence electrons. The van der Waals surface area contributed by atoms with Crippen LogP contribution in [0, 0.1) is 6.92 Å². The Balaban J connectivity index is 2.36. The lowest BCUT2D eigenvalue weighted by Crippen LogP contribution is -2.33. The molecule has 20 heavy (non-hydrogen) atoms. The number of nitrogens with two attached hydrogens (primary N) is 1. The molecule has 0 amide bonds. The Kier molecular flexibility index (Phi) is 5.21. The van der Waals surface area contributed by atoms with Crippen molar-refractivity contribution in [3.8, 4) is 0 Å². The maximum absolute atomic E-state index is 6.05. The van der Waals surface area contributed by atoms with E-state index in [9.17, 15) is 0 Å². The molecule has 0 aliphatic rings. The summed E-state index contributed by atoms with van der Waals surface area (Å²) in [4.78, 5) is 2.34. The van der Waals surface area contributed by atoms with Crippen molar-refractivity contribution in [2.24, 2.45) is 5.73 Å². The van der Waals surface area contributed by atoms with Crippen LogP contribution in [0.1, 0.15) is 24.1 Å². The van der Waals surface area contributed by atoms with E-state index in [4.69, 9.17) is 5.73 Å². The van der Waals surface area contributed by atoms with Gasteiger partial charge in [0.05, 0.1) is 6.04 Å². The van der Waals surface area contributed by atoms with Gasteiger partial charge in [0.25, 0.3) is 0 Å². The number of anilines is 1. The fraction of sp³-hybridized carbons (Fsp3) is 0.294. The molecular weight excluding hydrogens is 312 g/mol. The summed E-state index contributed by atoms with van der Waals surface area (Å²) in [6, 6.07) is 17.1. The Bertz CT molecular complexity index is 554. The van der Waals surface area contributed by atoms with Gasteiger partial charge in [0, 0.05) is 23.2 Å². The minimum atomic E-state index is 0.194. The normalized spacial score (nSPS) is 12.2. The van der Waals surface area contributed by atoms with E-state index in [0.717, 1.165) is 11.0 Å². The van der Waals surface area contributed by atoms with E-state index in [-0.39, 0.29) is 6.04 Å². The van der Waals surface area contributed by atoms with Crippen LogP contribution in [0.2, 0.25) is 0 Å². The van der Waals surface area contributed by atoms with Gasteiger partial charge in [-0.3, -0.25) is 0 Å². The molecule has 2 N–H and O–H groups in total. The first-order valence-corrected chi connectivity index (χ1v) is 7.74. The summed E-state index contributed by atoms with van der Waals surface area (Å²) in [7, 11) is 0. The van der Waals surface area contributed by atoms with E-state index in [1.54, 1.807) is 0 Å². The molecule has 2 rings (SSSR count). The molecular formula is C17H21BrN2. The maximum atomic E-state index is 6.05. The summed E-state index contributed by atoms with van der Waals surface area (Å²) < 4.78 is 1.14. The zero-order valence-electron chi connectivity index (χ0n) is 12.0. The molecule has 2 nitrogen and oxygen atoms in total. The average Bonchev–Trinajstić information content (AvgIpc) is 2.48. The van der Waals surface area contributed by atoms with Crippen LogP contribution in [0.25, 0.3) is 0 Å². The summed E-state index contributed by atoms with van der Waals surface area (Å²) in [6.07, 6.45) is 0. The summed E-state index contributed by atoms with van der Waals surface area (Å²) >= 11 is 3.61. The van der Waals surface area contributed by atoms with Gasteiger partial charge in [-0.1, -0.05) is 46.3 Å². The van der Waals surface area contributed by atoms with Crippen LogP contribution in [0.15, 0.2) is 53.0 Å². The van der Waals surface area contributed by atoms with Crippen molar-refractivity contribution in [2.75, 3.05) is 18.0 Å². The van der Waals surface area contributed by atoms with Crippen LogP contribution >= 0.6 is 15.9 Å².